The molecular formula is C13H21NO5S. The summed E-state index contributed by atoms with van der Waals surface area (Å²) in [4.78, 5) is 23.1. The number of hydrogen-bond donors (Lipinski definition) is 2. The average molecular weight is 303 g/mol. The van der Waals surface area contributed by atoms with E-state index >= 15 is 0 Å². The van der Waals surface area contributed by atoms with Gasteiger partial charge in [-0.15, -0.1) is 0 Å². The molecule has 0 bridgehead atoms. The van der Waals surface area contributed by atoms with Gasteiger partial charge in [0.25, 0.3) is 0 Å². The zero-order chi connectivity index (χ0) is 15.0. The van der Waals surface area contributed by atoms with Gasteiger partial charge >= 0.3 is 5.97 Å². The molecule has 20 heavy (non-hydrogen) atoms. The number of sulfone groups is 1. The molecule has 0 radical (unpaired) electrons. The van der Waals surface area contributed by atoms with Crippen LogP contribution in [0.15, 0.2) is 0 Å². The van der Waals surface area contributed by atoms with Crippen LogP contribution in [0.1, 0.15) is 39.0 Å². The molecule has 2 fully saturated rings. The summed E-state index contributed by atoms with van der Waals surface area (Å²) < 4.78 is 23.0. The second-order valence-corrected chi connectivity index (χ2v) is 8.46. The fourth-order valence-electron chi connectivity index (χ4n) is 3.11. The second kappa shape index (κ2) is 5.35. The normalized spacial score (nSPS) is 36.5. The Kier molecular flexibility index (Phi) is 4.09. The van der Waals surface area contributed by atoms with Gasteiger partial charge in [0.1, 0.15) is 0 Å². The predicted octanol–water partition coefficient (Wildman–Crippen LogP) is 0.571. The van der Waals surface area contributed by atoms with E-state index < -0.39 is 21.3 Å². The minimum Gasteiger partial charge on any atom is -0.481 e. The lowest BCUT2D eigenvalue weighted by Gasteiger charge is -2.30. The summed E-state index contributed by atoms with van der Waals surface area (Å²) in [7, 11) is -3.04. The Balaban J connectivity index is 1.89. The summed E-state index contributed by atoms with van der Waals surface area (Å²) in [5.74, 6) is -1.34. The van der Waals surface area contributed by atoms with Gasteiger partial charge in [-0.1, -0.05) is 0 Å². The third-order valence-corrected chi connectivity index (χ3v) is 6.28. The highest BCUT2D eigenvalue weighted by Crippen LogP contribution is 2.30. The Morgan fingerprint density at radius 3 is 2.15 bits per heavy atom. The number of hydrogen-bond acceptors (Lipinski definition) is 4. The van der Waals surface area contributed by atoms with Crippen LogP contribution in [0, 0.1) is 11.8 Å². The highest BCUT2D eigenvalue weighted by molar-refractivity contribution is 7.91. The van der Waals surface area contributed by atoms with E-state index in [1.807, 2.05) is 0 Å². The minimum absolute atomic E-state index is 0.00376. The summed E-state index contributed by atoms with van der Waals surface area (Å²) >= 11 is 0. The fraction of sp³-hybridized carbons (Fsp3) is 0.846. The number of rotatable bonds is 3. The van der Waals surface area contributed by atoms with Gasteiger partial charge < -0.3 is 10.4 Å². The molecule has 2 rings (SSSR count). The van der Waals surface area contributed by atoms with Crippen molar-refractivity contribution in [3.63, 3.8) is 0 Å². The number of nitrogens with one attached hydrogen (secondary N) is 1. The molecule has 0 aromatic heterocycles. The van der Waals surface area contributed by atoms with Crippen molar-refractivity contribution in [3.05, 3.63) is 0 Å². The number of aliphatic carboxylic acids is 1. The SMILES string of the molecule is CC1(NC(=O)C2CCC(C(=O)O)CC2)CCS(=O)(=O)C1. The van der Waals surface area contributed by atoms with Crippen LogP contribution in [0.25, 0.3) is 0 Å². The molecule has 1 atom stereocenters. The zero-order valence-corrected chi connectivity index (χ0v) is 12.4. The first kappa shape index (κ1) is 15.3. The number of amides is 1. The average Bonchev–Trinajstić information content (AvgIpc) is 2.63. The van der Waals surface area contributed by atoms with Crippen molar-refractivity contribution in [1.82, 2.24) is 5.32 Å². The molecule has 2 N–H and O–H groups in total. The van der Waals surface area contributed by atoms with Crippen molar-refractivity contribution < 1.29 is 23.1 Å². The van der Waals surface area contributed by atoms with Gasteiger partial charge in [0.15, 0.2) is 9.84 Å². The molecule has 1 saturated heterocycles. The maximum absolute atomic E-state index is 12.2. The van der Waals surface area contributed by atoms with Crippen LogP contribution in [-0.4, -0.2) is 42.4 Å². The third-order valence-electron chi connectivity index (χ3n) is 4.38. The van der Waals surface area contributed by atoms with Crippen molar-refractivity contribution in [2.24, 2.45) is 11.8 Å². The maximum atomic E-state index is 12.2. The van der Waals surface area contributed by atoms with Crippen LogP contribution in [0.4, 0.5) is 0 Å². The van der Waals surface area contributed by atoms with Crippen molar-refractivity contribution in [2.45, 2.75) is 44.6 Å². The second-order valence-electron chi connectivity index (χ2n) is 6.28. The number of carbonyl (C=O) groups excluding carboxylic acids is 1. The van der Waals surface area contributed by atoms with Crippen molar-refractivity contribution >= 4 is 21.7 Å². The lowest BCUT2D eigenvalue weighted by molar-refractivity contribution is -0.144. The van der Waals surface area contributed by atoms with E-state index in [9.17, 15) is 18.0 Å². The van der Waals surface area contributed by atoms with Crippen molar-refractivity contribution in [3.8, 4) is 0 Å². The first-order valence-electron chi connectivity index (χ1n) is 6.96. The molecular weight excluding hydrogens is 282 g/mol. The van der Waals surface area contributed by atoms with Crippen LogP contribution < -0.4 is 5.32 Å². The van der Waals surface area contributed by atoms with E-state index in [0.29, 0.717) is 32.1 Å². The molecule has 1 aliphatic heterocycles. The molecule has 1 heterocycles. The van der Waals surface area contributed by atoms with E-state index in [1.54, 1.807) is 6.92 Å². The van der Waals surface area contributed by atoms with E-state index in [2.05, 4.69) is 5.32 Å². The molecule has 1 aliphatic carbocycles. The standard InChI is InChI=1S/C13H21NO5S/c1-13(6-7-20(18,19)8-13)14-11(15)9-2-4-10(5-3-9)12(16)17/h9-10H,2-8H2,1H3,(H,14,15)(H,16,17). The quantitative estimate of drug-likeness (QED) is 0.794. The van der Waals surface area contributed by atoms with E-state index in [4.69, 9.17) is 5.11 Å². The summed E-state index contributed by atoms with van der Waals surface area (Å²) in [5.41, 5.74) is -0.667. The van der Waals surface area contributed by atoms with Crippen LogP contribution in [0.3, 0.4) is 0 Å². The van der Waals surface area contributed by atoms with Crippen molar-refractivity contribution in [2.75, 3.05) is 11.5 Å². The number of carboxylic acid groups (broad SMARTS) is 1. The molecule has 0 aromatic rings. The Bertz CT molecular complexity index is 507. The van der Waals surface area contributed by atoms with Crippen LogP contribution in [-0.2, 0) is 19.4 Å². The lowest BCUT2D eigenvalue weighted by Crippen LogP contribution is -2.49. The molecule has 1 unspecified atom stereocenters. The maximum Gasteiger partial charge on any atom is 0.306 e. The molecule has 1 amide bonds. The summed E-state index contributed by atoms with van der Waals surface area (Å²) in [6.07, 6.45) is 2.60. The molecule has 114 valence electrons. The van der Waals surface area contributed by atoms with Crippen LogP contribution in [0.2, 0.25) is 0 Å². The highest BCUT2D eigenvalue weighted by atomic mass is 32.2. The van der Waals surface area contributed by atoms with E-state index in [0.717, 1.165) is 0 Å². The molecule has 1 saturated carbocycles. The molecule has 7 heteroatoms. The van der Waals surface area contributed by atoms with E-state index in [-0.39, 0.29) is 29.2 Å². The molecule has 0 aromatic carbocycles. The third kappa shape index (κ3) is 3.50. The minimum atomic E-state index is -3.04. The monoisotopic (exact) mass is 303 g/mol. The van der Waals surface area contributed by atoms with Crippen LogP contribution in [0.5, 0.6) is 0 Å². The van der Waals surface area contributed by atoms with Gasteiger partial charge in [-0.05, 0) is 39.0 Å². The van der Waals surface area contributed by atoms with Gasteiger partial charge in [-0.25, -0.2) is 8.42 Å². The van der Waals surface area contributed by atoms with Crippen molar-refractivity contribution in [1.29, 1.82) is 0 Å². The molecule has 6 nitrogen and oxygen atoms in total. The molecule has 2 aliphatic rings. The highest BCUT2D eigenvalue weighted by Gasteiger charge is 2.41. The largest absolute Gasteiger partial charge is 0.481 e. The Hall–Kier alpha value is -1.11. The fourth-order valence-corrected chi connectivity index (χ4v) is 5.20. The Labute approximate surface area is 118 Å². The Morgan fingerprint density at radius 2 is 1.70 bits per heavy atom. The van der Waals surface area contributed by atoms with Gasteiger partial charge in [-0.3, -0.25) is 9.59 Å². The summed E-state index contributed by atoms with van der Waals surface area (Å²) in [6.45, 7) is 1.76. The van der Waals surface area contributed by atoms with E-state index in [1.165, 1.54) is 0 Å². The first-order chi connectivity index (χ1) is 9.21. The number of carbonyl (C=O) groups is 2. The topological polar surface area (TPSA) is 101 Å². The Morgan fingerprint density at radius 1 is 1.15 bits per heavy atom. The smallest absolute Gasteiger partial charge is 0.306 e. The summed E-state index contributed by atoms with van der Waals surface area (Å²) in [6, 6.07) is 0. The van der Waals surface area contributed by atoms with Gasteiger partial charge in [0, 0.05) is 5.92 Å². The molecule has 0 spiro atoms. The predicted molar refractivity (Wildman–Crippen MR) is 72.9 cm³/mol. The first-order valence-corrected chi connectivity index (χ1v) is 8.78. The van der Waals surface area contributed by atoms with Crippen LogP contribution >= 0.6 is 0 Å². The lowest BCUT2D eigenvalue weighted by atomic mass is 9.81. The number of carboxylic acids is 1. The zero-order valence-electron chi connectivity index (χ0n) is 11.6. The van der Waals surface area contributed by atoms with Gasteiger partial charge in [0.05, 0.1) is 23.0 Å². The van der Waals surface area contributed by atoms with Gasteiger partial charge in [0.2, 0.25) is 5.91 Å². The van der Waals surface area contributed by atoms with Gasteiger partial charge in [-0.2, -0.15) is 0 Å². The summed E-state index contributed by atoms with van der Waals surface area (Å²) in [5, 5.41) is 11.8.